The number of ether oxygens (including phenoxy) is 2. The molecule has 7 heteroatoms. The van der Waals surface area contributed by atoms with Gasteiger partial charge in [-0.25, -0.2) is 4.79 Å². The van der Waals surface area contributed by atoms with Gasteiger partial charge in [0.2, 0.25) is 0 Å². The first-order valence-electron chi connectivity index (χ1n) is 8.72. The monoisotopic (exact) mass is 391 g/mol. The molecule has 0 aromatic heterocycles. The van der Waals surface area contributed by atoms with E-state index < -0.39 is 10.9 Å². The van der Waals surface area contributed by atoms with Crippen LogP contribution in [-0.4, -0.2) is 16.9 Å². The predicted octanol–water partition coefficient (Wildman–Crippen LogP) is 4.54. The van der Waals surface area contributed by atoms with Crippen LogP contribution in [0.1, 0.15) is 22.8 Å². The summed E-state index contributed by atoms with van der Waals surface area (Å²) in [4.78, 5) is 33.7. The first-order valence-corrected chi connectivity index (χ1v) is 8.72. The van der Waals surface area contributed by atoms with Gasteiger partial charge in [-0.1, -0.05) is 36.4 Å². The van der Waals surface area contributed by atoms with E-state index in [0.717, 1.165) is 11.1 Å². The van der Waals surface area contributed by atoms with Crippen LogP contribution in [0.2, 0.25) is 0 Å². The SMILES string of the molecule is CC(=O)Oc1ccc(-c2ccc(C(=O)OCc3ccccc3[N+](=O)[O-])cc2)cc1. The van der Waals surface area contributed by atoms with Crippen LogP contribution < -0.4 is 4.74 Å². The number of carbonyl (C=O) groups excluding carboxylic acids is 2. The molecular weight excluding hydrogens is 374 g/mol. The molecule has 0 unspecified atom stereocenters. The van der Waals surface area contributed by atoms with Gasteiger partial charge in [-0.3, -0.25) is 14.9 Å². The highest BCUT2D eigenvalue weighted by Gasteiger charge is 2.15. The molecule has 0 atom stereocenters. The smallest absolute Gasteiger partial charge is 0.338 e. The van der Waals surface area contributed by atoms with Crippen LogP contribution in [0.3, 0.4) is 0 Å². The number of nitrogens with zero attached hydrogens (tertiary/aromatic N) is 1. The third-order valence-electron chi connectivity index (χ3n) is 4.12. The van der Waals surface area contributed by atoms with Crippen LogP contribution in [-0.2, 0) is 16.1 Å². The Labute approximate surface area is 166 Å². The van der Waals surface area contributed by atoms with Crippen molar-refractivity contribution in [3.05, 3.63) is 94.0 Å². The van der Waals surface area contributed by atoms with Crippen molar-refractivity contribution in [2.75, 3.05) is 0 Å². The van der Waals surface area contributed by atoms with Gasteiger partial charge in [0.05, 0.1) is 16.1 Å². The van der Waals surface area contributed by atoms with Crippen LogP contribution in [0.25, 0.3) is 11.1 Å². The van der Waals surface area contributed by atoms with Gasteiger partial charge in [0.1, 0.15) is 12.4 Å². The molecule has 0 aliphatic heterocycles. The zero-order valence-electron chi connectivity index (χ0n) is 15.5. The number of nitro benzene ring substituents is 1. The second kappa shape index (κ2) is 8.79. The largest absolute Gasteiger partial charge is 0.457 e. The maximum Gasteiger partial charge on any atom is 0.338 e. The number of benzene rings is 3. The maximum atomic E-state index is 12.3. The van der Waals surface area contributed by atoms with Crippen molar-refractivity contribution in [2.24, 2.45) is 0 Å². The quantitative estimate of drug-likeness (QED) is 0.265. The predicted molar refractivity (Wildman–Crippen MR) is 105 cm³/mol. The maximum absolute atomic E-state index is 12.3. The van der Waals surface area contributed by atoms with E-state index >= 15 is 0 Å². The van der Waals surface area contributed by atoms with Gasteiger partial charge in [0.15, 0.2) is 0 Å². The molecular formula is C22H17NO6. The van der Waals surface area contributed by atoms with Gasteiger partial charge in [-0.05, 0) is 41.5 Å². The average molecular weight is 391 g/mol. The summed E-state index contributed by atoms with van der Waals surface area (Å²) in [7, 11) is 0. The molecule has 0 spiro atoms. The summed E-state index contributed by atoms with van der Waals surface area (Å²) in [5.41, 5.74) is 2.34. The molecule has 3 aromatic carbocycles. The molecule has 0 fully saturated rings. The molecule has 146 valence electrons. The van der Waals surface area contributed by atoms with Gasteiger partial charge in [0, 0.05) is 13.0 Å². The van der Waals surface area contributed by atoms with Crippen LogP contribution in [0.15, 0.2) is 72.8 Å². The summed E-state index contributed by atoms with van der Waals surface area (Å²) >= 11 is 0. The minimum absolute atomic E-state index is 0.0900. The number of hydrogen-bond acceptors (Lipinski definition) is 6. The lowest BCUT2D eigenvalue weighted by molar-refractivity contribution is -0.385. The van der Waals surface area contributed by atoms with E-state index in [-0.39, 0.29) is 18.3 Å². The molecule has 0 amide bonds. The highest BCUT2D eigenvalue weighted by Crippen LogP contribution is 2.24. The Bertz CT molecular complexity index is 1040. The van der Waals surface area contributed by atoms with E-state index in [1.54, 1.807) is 66.7 Å². The molecule has 0 bridgehead atoms. The molecule has 0 N–H and O–H groups in total. The minimum atomic E-state index is -0.570. The number of esters is 2. The first kappa shape index (κ1) is 19.8. The fourth-order valence-electron chi connectivity index (χ4n) is 2.72. The van der Waals surface area contributed by atoms with E-state index in [4.69, 9.17) is 9.47 Å². The van der Waals surface area contributed by atoms with Crippen molar-refractivity contribution in [2.45, 2.75) is 13.5 Å². The zero-order valence-corrected chi connectivity index (χ0v) is 15.5. The summed E-state index contributed by atoms with van der Waals surface area (Å²) in [5.74, 6) is -0.502. The van der Waals surface area contributed by atoms with Crippen molar-refractivity contribution >= 4 is 17.6 Å². The Balaban J connectivity index is 1.66. The number of hydrogen-bond donors (Lipinski definition) is 0. The number of para-hydroxylation sites is 1. The Kier molecular flexibility index (Phi) is 5.99. The Morgan fingerprint density at radius 1 is 0.897 bits per heavy atom. The molecule has 0 aliphatic rings. The van der Waals surface area contributed by atoms with Crippen LogP contribution in [0.4, 0.5) is 5.69 Å². The number of rotatable bonds is 6. The molecule has 29 heavy (non-hydrogen) atoms. The molecule has 7 nitrogen and oxygen atoms in total. The molecule has 0 heterocycles. The van der Waals surface area contributed by atoms with Crippen molar-refractivity contribution in [3.8, 4) is 16.9 Å². The zero-order chi connectivity index (χ0) is 20.8. The summed E-state index contributed by atoms with van der Waals surface area (Å²) in [6.07, 6.45) is 0. The van der Waals surface area contributed by atoms with Gasteiger partial charge in [-0.15, -0.1) is 0 Å². The molecule has 0 aliphatic carbocycles. The molecule has 0 saturated carbocycles. The fraction of sp³-hybridized carbons (Fsp3) is 0.0909. The van der Waals surface area contributed by atoms with E-state index in [1.807, 2.05) is 0 Å². The Hall–Kier alpha value is -4.00. The highest BCUT2D eigenvalue weighted by atomic mass is 16.6. The molecule has 0 saturated heterocycles. The molecule has 3 aromatic rings. The Morgan fingerprint density at radius 2 is 1.48 bits per heavy atom. The van der Waals surface area contributed by atoms with Crippen molar-refractivity contribution < 1.29 is 24.0 Å². The second-order valence-corrected chi connectivity index (χ2v) is 6.16. The summed E-state index contributed by atoms with van der Waals surface area (Å²) in [6, 6.07) is 19.9. The van der Waals surface area contributed by atoms with Gasteiger partial charge in [-0.2, -0.15) is 0 Å². The van der Waals surface area contributed by atoms with Crippen molar-refractivity contribution in [1.29, 1.82) is 0 Å². The van der Waals surface area contributed by atoms with Crippen LogP contribution >= 0.6 is 0 Å². The lowest BCUT2D eigenvalue weighted by Gasteiger charge is -2.07. The number of carbonyl (C=O) groups is 2. The lowest BCUT2D eigenvalue weighted by atomic mass is 10.0. The normalized spacial score (nSPS) is 10.2. The van der Waals surface area contributed by atoms with Gasteiger partial charge in [0.25, 0.3) is 5.69 Å². The molecule has 0 radical (unpaired) electrons. The third kappa shape index (κ3) is 5.04. The van der Waals surface area contributed by atoms with Gasteiger partial charge < -0.3 is 9.47 Å². The second-order valence-electron chi connectivity index (χ2n) is 6.16. The topological polar surface area (TPSA) is 95.7 Å². The Morgan fingerprint density at radius 3 is 2.07 bits per heavy atom. The van der Waals surface area contributed by atoms with Gasteiger partial charge >= 0.3 is 11.9 Å². The lowest BCUT2D eigenvalue weighted by Crippen LogP contribution is -2.06. The third-order valence-corrected chi connectivity index (χ3v) is 4.12. The number of nitro groups is 1. The van der Waals surface area contributed by atoms with E-state index in [1.165, 1.54) is 13.0 Å². The van der Waals surface area contributed by atoms with Crippen molar-refractivity contribution in [3.63, 3.8) is 0 Å². The molecule has 3 rings (SSSR count). The highest BCUT2D eigenvalue weighted by molar-refractivity contribution is 5.90. The minimum Gasteiger partial charge on any atom is -0.457 e. The fourth-order valence-corrected chi connectivity index (χ4v) is 2.72. The summed E-state index contributed by atoms with van der Waals surface area (Å²) < 4.78 is 10.2. The van der Waals surface area contributed by atoms with Crippen LogP contribution in [0, 0.1) is 10.1 Å². The average Bonchev–Trinajstić information content (AvgIpc) is 2.72. The van der Waals surface area contributed by atoms with Crippen LogP contribution in [0.5, 0.6) is 5.75 Å². The van der Waals surface area contributed by atoms with Crippen molar-refractivity contribution in [1.82, 2.24) is 0 Å². The standard InChI is InChI=1S/C22H17NO6/c1-15(24)29-20-12-10-17(11-13-20)16-6-8-18(9-7-16)22(25)28-14-19-4-2-3-5-21(19)23(26)27/h2-13H,14H2,1H3. The van der Waals surface area contributed by atoms with E-state index in [9.17, 15) is 19.7 Å². The van der Waals surface area contributed by atoms with E-state index in [0.29, 0.717) is 16.9 Å². The summed E-state index contributed by atoms with van der Waals surface area (Å²) in [5, 5.41) is 11.0. The first-order chi connectivity index (χ1) is 13.9. The summed E-state index contributed by atoms with van der Waals surface area (Å²) in [6.45, 7) is 1.15. The van der Waals surface area contributed by atoms with E-state index in [2.05, 4.69) is 0 Å².